The second-order valence-electron chi connectivity index (χ2n) is 6.26. The van der Waals surface area contributed by atoms with Gasteiger partial charge < -0.3 is 9.64 Å². The van der Waals surface area contributed by atoms with E-state index in [0.717, 1.165) is 18.3 Å². The van der Waals surface area contributed by atoms with Crippen LogP contribution in [0.4, 0.5) is 5.82 Å². The van der Waals surface area contributed by atoms with Crippen molar-refractivity contribution >= 4 is 23.4 Å². The fourth-order valence-corrected chi connectivity index (χ4v) is 3.34. The zero-order chi connectivity index (χ0) is 15.5. The molecule has 2 aliphatic rings. The second-order valence-corrected chi connectivity index (χ2v) is 6.60. The van der Waals surface area contributed by atoms with E-state index in [1.54, 1.807) is 6.07 Å². The van der Waals surface area contributed by atoms with E-state index in [1.807, 2.05) is 0 Å². The van der Waals surface area contributed by atoms with Crippen LogP contribution in [0.2, 0.25) is 5.28 Å². The minimum atomic E-state index is -0.472. The number of halogens is 1. The molecule has 6 heteroatoms. The maximum atomic E-state index is 11.8. The third kappa shape index (κ3) is 3.69. The molecule has 22 heavy (non-hydrogen) atoms. The van der Waals surface area contributed by atoms with E-state index < -0.39 is 5.97 Å². The van der Waals surface area contributed by atoms with Crippen molar-refractivity contribution < 1.29 is 9.53 Å². The Morgan fingerprint density at radius 2 is 2.00 bits per heavy atom. The SMILES string of the molecule is COC(=O)c1cc(N(CC2CC2)C2CCCCC2)nc(Cl)n1. The van der Waals surface area contributed by atoms with Crippen molar-refractivity contribution in [1.29, 1.82) is 0 Å². The Kier molecular flexibility index (Phi) is 4.81. The first-order valence-corrected chi connectivity index (χ1v) is 8.44. The quantitative estimate of drug-likeness (QED) is 0.613. The summed E-state index contributed by atoms with van der Waals surface area (Å²) in [6, 6.07) is 2.21. The molecule has 120 valence electrons. The average Bonchev–Trinajstić information content (AvgIpc) is 3.36. The molecule has 0 radical (unpaired) electrons. The van der Waals surface area contributed by atoms with Gasteiger partial charge in [0.1, 0.15) is 5.82 Å². The van der Waals surface area contributed by atoms with Crippen LogP contribution in [0.3, 0.4) is 0 Å². The number of carbonyl (C=O) groups is 1. The van der Waals surface area contributed by atoms with Crippen LogP contribution in [0.5, 0.6) is 0 Å². The molecule has 0 bridgehead atoms. The summed E-state index contributed by atoms with van der Waals surface area (Å²) in [7, 11) is 1.35. The first-order valence-electron chi connectivity index (χ1n) is 8.07. The van der Waals surface area contributed by atoms with E-state index in [1.165, 1.54) is 52.1 Å². The molecule has 0 unspecified atom stereocenters. The zero-order valence-electron chi connectivity index (χ0n) is 12.9. The summed E-state index contributed by atoms with van der Waals surface area (Å²) < 4.78 is 4.76. The maximum Gasteiger partial charge on any atom is 0.356 e. The number of anilines is 1. The number of hydrogen-bond donors (Lipinski definition) is 0. The van der Waals surface area contributed by atoms with Gasteiger partial charge in [-0.25, -0.2) is 14.8 Å². The van der Waals surface area contributed by atoms with Gasteiger partial charge >= 0.3 is 5.97 Å². The molecular formula is C16H22ClN3O2. The molecule has 1 aromatic heterocycles. The molecule has 0 aliphatic heterocycles. The van der Waals surface area contributed by atoms with Crippen molar-refractivity contribution in [1.82, 2.24) is 9.97 Å². The molecule has 0 amide bonds. The number of aromatic nitrogens is 2. The van der Waals surface area contributed by atoms with Crippen molar-refractivity contribution in [2.24, 2.45) is 5.92 Å². The Labute approximate surface area is 136 Å². The second kappa shape index (κ2) is 6.82. The highest BCUT2D eigenvalue weighted by Gasteiger charge is 2.30. The van der Waals surface area contributed by atoms with Crippen LogP contribution in [0.15, 0.2) is 6.07 Å². The van der Waals surface area contributed by atoms with Crippen molar-refractivity contribution in [2.75, 3.05) is 18.6 Å². The lowest BCUT2D eigenvalue weighted by molar-refractivity contribution is 0.0594. The van der Waals surface area contributed by atoms with Gasteiger partial charge in [-0.1, -0.05) is 19.3 Å². The number of rotatable bonds is 5. The highest BCUT2D eigenvalue weighted by Crippen LogP contribution is 2.35. The molecule has 0 spiro atoms. The van der Waals surface area contributed by atoms with Gasteiger partial charge in [-0.3, -0.25) is 0 Å². The summed E-state index contributed by atoms with van der Waals surface area (Å²) in [6.45, 7) is 0.999. The van der Waals surface area contributed by atoms with Crippen molar-refractivity contribution in [3.05, 3.63) is 17.0 Å². The van der Waals surface area contributed by atoms with Crippen LogP contribution in [0.25, 0.3) is 0 Å². The van der Waals surface area contributed by atoms with Gasteiger partial charge in [0.25, 0.3) is 0 Å². The molecule has 2 aliphatic carbocycles. The Bertz CT molecular complexity index is 542. The van der Waals surface area contributed by atoms with Crippen LogP contribution < -0.4 is 4.90 Å². The molecule has 2 fully saturated rings. The molecule has 1 aromatic rings. The molecular weight excluding hydrogens is 302 g/mol. The monoisotopic (exact) mass is 323 g/mol. The van der Waals surface area contributed by atoms with Gasteiger partial charge in [-0.05, 0) is 43.2 Å². The lowest BCUT2D eigenvalue weighted by Crippen LogP contribution is -2.39. The minimum Gasteiger partial charge on any atom is -0.464 e. The Hall–Kier alpha value is -1.36. The Morgan fingerprint density at radius 1 is 1.27 bits per heavy atom. The molecule has 0 aromatic carbocycles. The van der Waals surface area contributed by atoms with Gasteiger partial charge in [-0.2, -0.15) is 0 Å². The molecule has 1 heterocycles. The molecule has 2 saturated carbocycles. The van der Waals surface area contributed by atoms with Crippen LogP contribution >= 0.6 is 11.6 Å². The van der Waals surface area contributed by atoms with Gasteiger partial charge in [-0.15, -0.1) is 0 Å². The topological polar surface area (TPSA) is 55.3 Å². The summed E-state index contributed by atoms with van der Waals surface area (Å²) in [5.74, 6) is 1.04. The van der Waals surface area contributed by atoms with Gasteiger partial charge in [0.15, 0.2) is 5.69 Å². The van der Waals surface area contributed by atoms with E-state index in [4.69, 9.17) is 16.3 Å². The van der Waals surface area contributed by atoms with Crippen molar-refractivity contribution in [2.45, 2.75) is 51.0 Å². The van der Waals surface area contributed by atoms with Crippen LogP contribution in [0.1, 0.15) is 55.4 Å². The fraction of sp³-hybridized carbons (Fsp3) is 0.688. The first-order chi connectivity index (χ1) is 10.7. The third-order valence-electron chi connectivity index (χ3n) is 4.54. The predicted octanol–water partition coefficient (Wildman–Crippen LogP) is 3.47. The van der Waals surface area contributed by atoms with E-state index in [2.05, 4.69) is 14.9 Å². The molecule has 0 N–H and O–H groups in total. The lowest BCUT2D eigenvalue weighted by atomic mass is 9.94. The lowest BCUT2D eigenvalue weighted by Gasteiger charge is -2.35. The number of hydrogen-bond acceptors (Lipinski definition) is 5. The summed E-state index contributed by atoms with van der Waals surface area (Å²) in [6.07, 6.45) is 8.76. The van der Waals surface area contributed by atoms with Crippen LogP contribution in [0, 0.1) is 5.92 Å². The third-order valence-corrected chi connectivity index (χ3v) is 4.71. The molecule has 0 atom stereocenters. The summed E-state index contributed by atoms with van der Waals surface area (Å²) in [5, 5.41) is 0.106. The van der Waals surface area contributed by atoms with E-state index in [9.17, 15) is 4.79 Å². The van der Waals surface area contributed by atoms with Crippen molar-refractivity contribution in [3.63, 3.8) is 0 Å². The smallest absolute Gasteiger partial charge is 0.356 e. The number of carbonyl (C=O) groups excluding carboxylic acids is 1. The molecule has 0 saturated heterocycles. The Balaban J connectivity index is 1.88. The summed E-state index contributed by atoms with van der Waals surface area (Å²) in [4.78, 5) is 22.5. The highest BCUT2D eigenvalue weighted by atomic mass is 35.5. The highest BCUT2D eigenvalue weighted by molar-refractivity contribution is 6.28. The zero-order valence-corrected chi connectivity index (χ0v) is 13.7. The number of nitrogens with zero attached hydrogens (tertiary/aromatic N) is 3. The Morgan fingerprint density at radius 3 is 2.64 bits per heavy atom. The van der Waals surface area contributed by atoms with Gasteiger partial charge in [0, 0.05) is 18.7 Å². The normalized spacial score (nSPS) is 19.0. The first kappa shape index (κ1) is 15.5. The number of ether oxygens (including phenoxy) is 1. The predicted molar refractivity (Wildman–Crippen MR) is 85.3 cm³/mol. The maximum absolute atomic E-state index is 11.8. The minimum absolute atomic E-state index is 0.106. The average molecular weight is 324 g/mol. The van der Waals surface area contributed by atoms with E-state index >= 15 is 0 Å². The van der Waals surface area contributed by atoms with Crippen LogP contribution in [-0.4, -0.2) is 35.6 Å². The largest absolute Gasteiger partial charge is 0.464 e. The van der Waals surface area contributed by atoms with Crippen LogP contribution in [-0.2, 0) is 4.74 Å². The molecule has 3 rings (SSSR count). The van der Waals surface area contributed by atoms with Crippen molar-refractivity contribution in [3.8, 4) is 0 Å². The van der Waals surface area contributed by atoms with E-state index in [0.29, 0.717) is 6.04 Å². The number of esters is 1. The standard InChI is InChI=1S/C16H22ClN3O2/c1-22-15(21)13-9-14(19-16(17)18-13)20(10-11-7-8-11)12-5-3-2-4-6-12/h9,11-12H,2-8,10H2,1H3. The van der Waals surface area contributed by atoms with Gasteiger partial charge in [0.05, 0.1) is 7.11 Å². The number of methoxy groups -OCH3 is 1. The molecule has 5 nitrogen and oxygen atoms in total. The summed E-state index contributed by atoms with van der Waals surface area (Å²) in [5.41, 5.74) is 0.231. The summed E-state index contributed by atoms with van der Waals surface area (Å²) >= 11 is 6.03. The fourth-order valence-electron chi connectivity index (χ4n) is 3.16. The van der Waals surface area contributed by atoms with Gasteiger partial charge in [0.2, 0.25) is 5.28 Å². The van der Waals surface area contributed by atoms with E-state index in [-0.39, 0.29) is 11.0 Å².